The molecule has 8 heteroatoms. The van der Waals surface area contributed by atoms with Gasteiger partial charge in [-0.25, -0.2) is 8.42 Å². The number of nitrogens with one attached hydrogen (secondary N) is 1. The summed E-state index contributed by atoms with van der Waals surface area (Å²) in [6, 6.07) is 3.84. The summed E-state index contributed by atoms with van der Waals surface area (Å²) in [6.07, 6.45) is 0. The second kappa shape index (κ2) is 8.28. The molecule has 23 heavy (non-hydrogen) atoms. The van der Waals surface area contributed by atoms with E-state index in [1.54, 1.807) is 33.8 Å². The lowest BCUT2D eigenvalue weighted by molar-refractivity contribution is -0.117. The van der Waals surface area contributed by atoms with Gasteiger partial charge in [0.05, 0.1) is 12.6 Å². The van der Waals surface area contributed by atoms with Crippen LogP contribution in [0.25, 0.3) is 0 Å². The molecule has 1 aromatic carbocycles. The summed E-state index contributed by atoms with van der Waals surface area (Å²) in [5, 5.41) is 2.60. The molecular formula is C15H25N3O4S. The van der Waals surface area contributed by atoms with E-state index in [0.29, 0.717) is 25.4 Å². The third-order valence-corrected chi connectivity index (χ3v) is 5.32. The van der Waals surface area contributed by atoms with Gasteiger partial charge in [0.25, 0.3) is 0 Å². The van der Waals surface area contributed by atoms with E-state index < -0.39 is 16.1 Å². The number of rotatable bonds is 8. The van der Waals surface area contributed by atoms with Crippen LogP contribution in [0.1, 0.15) is 27.7 Å². The minimum absolute atomic E-state index is 0.0329. The predicted molar refractivity (Wildman–Crippen MR) is 90.0 cm³/mol. The van der Waals surface area contributed by atoms with Gasteiger partial charge in [-0.1, -0.05) is 13.8 Å². The minimum Gasteiger partial charge on any atom is -0.492 e. The largest absolute Gasteiger partial charge is 0.492 e. The number of anilines is 1. The monoisotopic (exact) mass is 343 g/mol. The number of nitrogens with two attached hydrogens (primary N) is 1. The van der Waals surface area contributed by atoms with Crippen LogP contribution in [0.4, 0.5) is 5.69 Å². The first-order chi connectivity index (χ1) is 10.8. The molecule has 7 nitrogen and oxygen atoms in total. The van der Waals surface area contributed by atoms with Crippen molar-refractivity contribution in [1.82, 2.24) is 4.31 Å². The summed E-state index contributed by atoms with van der Waals surface area (Å²) in [5.74, 6) is -0.126. The summed E-state index contributed by atoms with van der Waals surface area (Å²) in [5.41, 5.74) is 5.88. The molecule has 1 rings (SSSR count). The molecule has 0 saturated heterocycles. The summed E-state index contributed by atoms with van der Waals surface area (Å²) in [6.45, 7) is 7.90. The van der Waals surface area contributed by atoms with Gasteiger partial charge in [0.1, 0.15) is 10.6 Å². The van der Waals surface area contributed by atoms with Crippen molar-refractivity contribution in [3.05, 3.63) is 18.2 Å². The topological polar surface area (TPSA) is 102 Å². The summed E-state index contributed by atoms with van der Waals surface area (Å²) in [7, 11) is -3.71. The van der Waals surface area contributed by atoms with E-state index in [1.807, 2.05) is 0 Å². The summed E-state index contributed by atoms with van der Waals surface area (Å²) >= 11 is 0. The van der Waals surface area contributed by atoms with Gasteiger partial charge in [-0.3, -0.25) is 4.79 Å². The van der Waals surface area contributed by atoms with Gasteiger partial charge in [0.15, 0.2) is 0 Å². The Balaban J connectivity index is 3.33. The van der Waals surface area contributed by atoms with Gasteiger partial charge in [-0.05, 0) is 32.0 Å². The molecule has 1 amide bonds. The lowest BCUT2D eigenvalue weighted by Gasteiger charge is -2.21. The first-order valence-electron chi connectivity index (χ1n) is 7.61. The van der Waals surface area contributed by atoms with Gasteiger partial charge in [0, 0.05) is 18.8 Å². The second-order valence-electron chi connectivity index (χ2n) is 4.96. The van der Waals surface area contributed by atoms with Crippen molar-refractivity contribution in [3.63, 3.8) is 0 Å². The predicted octanol–water partition coefficient (Wildman–Crippen LogP) is 1.40. The maximum absolute atomic E-state index is 12.8. The van der Waals surface area contributed by atoms with Gasteiger partial charge in [0.2, 0.25) is 15.9 Å². The molecule has 0 aliphatic rings. The first kappa shape index (κ1) is 19.4. The fourth-order valence-electron chi connectivity index (χ4n) is 2.02. The van der Waals surface area contributed by atoms with Crippen molar-refractivity contribution in [3.8, 4) is 5.75 Å². The maximum atomic E-state index is 12.8. The van der Waals surface area contributed by atoms with Gasteiger partial charge >= 0.3 is 0 Å². The molecule has 1 aromatic rings. The van der Waals surface area contributed by atoms with Crippen molar-refractivity contribution in [2.45, 2.75) is 38.6 Å². The molecule has 0 aliphatic heterocycles. The van der Waals surface area contributed by atoms with Crippen molar-refractivity contribution in [2.24, 2.45) is 5.73 Å². The maximum Gasteiger partial charge on any atom is 0.246 e. The SMILES string of the molecule is CCOc1ccc(NC(=O)C(C)N)cc1S(=O)(=O)N(CC)CC. The number of hydrogen-bond acceptors (Lipinski definition) is 5. The number of hydrogen-bond donors (Lipinski definition) is 2. The molecule has 0 spiro atoms. The van der Waals surface area contributed by atoms with E-state index in [-0.39, 0.29) is 16.6 Å². The van der Waals surface area contributed by atoms with E-state index in [9.17, 15) is 13.2 Å². The summed E-state index contributed by atoms with van der Waals surface area (Å²) in [4.78, 5) is 11.7. The molecule has 0 fully saturated rings. The number of benzene rings is 1. The lowest BCUT2D eigenvalue weighted by Crippen LogP contribution is -2.33. The molecule has 0 radical (unpaired) electrons. The van der Waals surface area contributed by atoms with Crippen LogP contribution >= 0.6 is 0 Å². The van der Waals surface area contributed by atoms with E-state index in [0.717, 1.165) is 0 Å². The van der Waals surface area contributed by atoms with Crippen molar-refractivity contribution >= 4 is 21.6 Å². The van der Waals surface area contributed by atoms with Crippen molar-refractivity contribution < 1.29 is 17.9 Å². The number of carbonyl (C=O) groups excluding carboxylic acids is 1. The zero-order chi connectivity index (χ0) is 17.6. The highest BCUT2D eigenvalue weighted by molar-refractivity contribution is 7.89. The molecule has 0 aliphatic carbocycles. The molecule has 3 N–H and O–H groups in total. The van der Waals surface area contributed by atoms with Crippen LogP contribution in [0.2, 0.25) is 0 Å². The Labute approximate surface area is 137 Å². The molecule has 0 bridgehead atoms. The Morgan fingerprint density at radius 2 is 1.91 bits per heavy atom. The first-order valence-corrected chi connectivity index (χ1v) is 9.05. The minimum atomic E-state index is -3.71. The fraction of sp³-hybridized carbons (Fsp3) is 0.533. The van der Waals surface area contributed by atoms with Gasteiger partial charge < -0.3 is 15.8 Å². The highest BCUT2D eigenvalue weighted by atomic mass is 32.2. The third-order valence-electron chi connectivity index (χ3n) is 3.25. The fourth-order valence-corrected chi connectivity index (χ4v) is 3.64. The lowest BCUT2D eigenvalue weighted by atomic mass is 10.2. The number of sulfonamides is 1. The Kier molecular flexibility index (Phi) is 6.99. The quantitative estimate of drug-likeness (QED) is 0.743. The van der Waals surface area contributed by atoms with Crippen LogP contribution in [0.3, 0.4) is 0 Å². The number of ether oxygens (including phenoxy) is 1. The zero-order valence-corrected chi connectivity index (χ0v) is 14.8. The molecule has 0 aromatic heterocycles. The van der Waals surface area contributed by atoms with Crippen LogP contribution in [0, 0.1) is 0 Å². The summed E-state index contributed by atoms with van der Waals surface area (Å²) < 4.78 is 32.3. The number of carbonyl (C=O) groups is 1. The van der Waals surface area contributed by atoms with E-state index >= 15 is 0 Å². The second-order valence-corrected chi connectivity index (χ2v) is 6.87. The average Bonchev–Trinajstić information content (AvgIpc) is 2.49. The normalized spacial score (nSPS) is 13.0. The van der Waals surface area contributed by atoms with Crippen LogP contribution in [0.15, 0.2) is 23.1 Å². The number of nitrogens with zero attached hydrogens (tertiary/aromatic N) is 1. The van der Waals surface area contributed by atoms with Crippen LogP contribution in [0.5, 0.6) is 5.75 Å². The Morgan fingerprint density at radius 1 is 1.30 bits per heavy atom. The molecule has 0 heterocycles. The average molecular weight is 343 g/mol. The Hall–Kier alpha value is -1.64. The van der Waals surface area contributed by atoms with Crippen LogP contribution in [-0.2, 0) is 14.8 Å². The van der Waals surface area contributed by atoms with E-state index in [2.05, 4.69) is 5.32 Å². The molecule has 1 atom stereocenters. The van der Waals surface area contributed by atoms with Crippen molar-refractivity contribution in [2.75, 3.05) is 25.0 Å². The zero-order valence-electron chi connectivity index (χ0n) is 14.0. The van der Waals surface area contributed by atoms with Crippen molar-refractivity contribution in [1.29, 1.82) is 0 Å². The molecule has 0 saturated carbocycles. The Bertz CT molecular complexity index is 640. The van der Waals surface area contributed by atoms with E-state index in [1.165, 1.54) is 16.4 Å². The number of amides is 1. The highest BCUT2D eigenvalue weighted by Crippen LogP contribution is 2.30. The van der Waals surface area contributed by atoms with Gasteiger partial charge in [-0.15, -0.1) is 0 Å². The van der Waals surface area contributed by atoms with Crippen LogP contribution < -0.4 is 15.8 Å². The Morgan fingerprint density at radius 3 is 2.39 bits per heavy atom. The standard InChI is InChI=1S/C15H25N3O4S/c1-5-18(6-2)23(20,21)14-10-12(17-15(19)11(4)16)8-9-13(14)22-7-3/h8-11H,5-7,16H2,1-4H3,(H,17,19). The molecular weight excluding hydrogens is 318 g/mol. The molecule has 1 unspecified atom stereocenters. The van der Waals surface area contributed by atoms with Gasteiger partial charge in [-0.2, -0.15) is 4.31 Å². The van der Waals surface area contributed by atoms with Crippen LogP contribution in [-0.4, -0.2) is 44.4 Å². The highest BCUT2D eigenvalue weighted by Gasteiger charge is 2.26. The van der Waals surface area contributed by atoms with E-state index in [4.69, 9.17) is 10.5 Å². The third kappa shape index (κ3) is 4.66. The smallest absolute Gasteiger partial charge is 0.246 e. The molecule has 130 valence electrons.